The number of hydrogen-bond donors (Lipinski definition) is 2. The molecule has 3 aliphatic rings. The minimum absolute atomic E-state index is 0.196. The number of halogens is 1. The fourth-order valence-electron chi connectivity index (χ4n) is 5.46. The van der Waals surface area contributed by atoms with E-state index in [0.717, 1.165) is 5.56 Å². The maximum Gasteiger partial charge on any atom is 0.250 e. The van der Waals surface area contributed by atoms with Crippen molar-refractivity contribution in [2.45, 2.75) is 44.3 Å². The van der Waals surface area contributed by atoms with Gasteiger partial charge in [-0.05, 0) is 43.5 Å². The number of amides is 3. The van der Waals surface area contributed by atoms with E-state index in [2.05, 4.69) is 10.6 Å². The molecule has 3 amide bonds. The van der Waals surface area contributed by atoms with Gasteiger partial charge < -0.3 is 5.32 Å². The monoisotopic (exact) mass is 437 g/mol. The molecule has 0 bridgehead atoms. The van der Waals surface area contributed by atoms with Gasteiger partial charge >= 0.3 is 0 Å². The van der Waals surface area contributed by atoms with Crippen molar-refractivity contribution in [1.82, 2.24) is 10.2 Å². The van der Waals surface area contributed by atoms with Crippen LogP contribution in [0.4, 0.5) is 5.69 Å². The Balaban J connectivity index is 1.66. The second-order valence-electron chi connectivity index (χ2n) is 8.70. The van der Waals surface area contributed by atoms with Crippen molar-refractivity contribution in [2.24, 2.45) is 11.8 Å². The van der Waals surface area contributed by atoms with Gasteiger partial charge in [-0.15, -0.1) is 0 Å². The molecule has 3 aliphatic heterocycles. The van der Waals surface area contributed by atoms with Crippen LogP contribution in [0.5, 0.6) is 0 Å². The van der Waals surface area contributed by atoms with Crippen molar-refractivity contribution >= 4 is 35.0 Å². The molecule has 0 saturated carbocycles. The molecule has 2 aromatic carbocycles. The summed E-state index contributed by atoms with van der Waals surface area (Å²) < 4.78 is 0. The normalized spacial score (nSPS) is 30.0. The van der Waals surface area contributed by atoms with E-state index in [4.69, 9.17) is 11.6 Å². The van der Waals surface area contributed by atoms with E-state index in [9.17, 15) is 14.4 Å². The highest BCUT2D eigenvalue weighted by molar-refractivity contribution is 6.31. The topological polar surface area (TPSA) is 78.5 Å². The van der Waals surface area contributed by atoms with E-state index in [-0.39, 0.29) is 29.8 Å². The van der Waals surface area contributed by atoms with E-state index in [1.165, 1.54) is 4.90 Å². The zero-order chi connectivity index (χ0) is 21.9. The number of imide groups is 1. The Labute approximate surface area is 185 Å². The van der Waals surface area contributed by atoms with Gasteiger partial charge in [-0.1, -0.05) is 48.9 Å². The zero-order valence-electron chi connectivity index (χ0n) is 17.4. The lowest BCUT2D eigenvalue weighted by Gasteiger charge is -2.31. The zero-order valence-corrected chi connectivity index (χ0v) is 18.1. The van der Waals surface area contributed by atoms with Crippen molar-refractivity contribution in [1.29, 1.82) is 0 Å². The Bertz CT molecular complexity index is 1090. The van der Waals surface area contributed by atoms with Gasteiger partial charge in [-0.25, -0.2) is 0 Å². The SMILES string of the molecule is CC[C@H](C)N1C(=O)[C@H]2[C@@H](C1=O)[C@@]1(N[C@@H]2Cc2ccccc2)C(=O)Nc2ccc(Cl)cc21. The molecule has 2 N–H and O–H groups in total. The van der Waals surface area contributed by atoms with E-state index >= 15 is 0 Å². The summed E-state index contributed by atoms with van der Waals surface area (Å²) in [5.74, 6) is -2.20. The summed E-state index contributed by atoms with van der Waals surface area (Å²) in [6, 6.07) is 14.4. The maximum atomic E-state index is 13.6. The standard InChI is InChI=1S/C24H24ClN3O3/c1-3-13(2)28-21(29)19-18(11-14-7-5-4-6-8-14)27-24(20(19)22(28)30)16-12-15(25)9-10-17(16)26-23(24)31/h4-10,12-13,18-20,27H,3,11H2,1-2H3,(H,26,31)/t13-,18+,19+,20-,24+/m0/s1. The smallest absolute Gasteiger partial charge is 0.250 e. The molecule has 5 rings (SSSR count). The Kier molecular flexibility index (Phi) is 4.68. The summed E-state index contributed by atoms with van der Waals surface area (Å²) in [6.07, 6.45) is 1.20. The van der Waals surface area contributed by atoms with E-state index < -0.39 is 17.4 Å². The Morgan fingerprint density at radius 2 is 1.84 bits per heavy atom. The summed E-state index contributed by atoms with van der Waals surface area (Å²) in [6.45, 7) is 3.83. The lowest BCUT2D eigenvalue weighted by Crippen LogP contribution is -2.54. The highest BCUT2D eigenvalue weighted by atomic mass is 35.5. The summed E-state index contributed by atoms with van der Waals surface area (Å²) in [5.41, 5.74) is 1.01. The number of likely N-dealkylation sites (tertiary alicyclic amines) is 1. The molecule has 0 aromatic heterocycles. The van der Waals surface area contributed by atoms with Gasteiger partial charge in [0.2, 0.25) is 17.7 Å². The van der Waals surface area contributed by atoms with Gasteiger partial charge in [0.25, 0.3) is 0 Å². The number of rotatable bonds is 4. The third-order valence-electron chi connectivity index (χ3n) is 7.04. The van der Waals surface area contributed by atoms with Crippen molar-refractivity contribution in [3.8, 4) is 0 Å². The minimum Gasteiger partial charge on any atom is -0.324 e. The first kappa shape index (κ1) is 20.2. The quantitative estimate of drug-likeness (QED) is 0.720. The number of carbonyl (C=O) groups is 3. The van der Waals surface area contributed by atoms with Gasteiger partial charge in [-0.3, -0.25) is 24.6 Å². The summed E-state index contributed by atoms with van der Waals surface area (Å²) in [5, 5.41) is 6.84. The molecule has 2 aromatic rings. The van der Waals surface area contributed by atoms with Crippen LogP contribution in [-0.4, -0.2) is 34.7 Å². The molecule has 1 spiro atoms. The number of carbonyl (C=O) groups excluding carboxylic acids is 3. The number of anilines is 1. The van der Waals surface area contributed by atoms with Crippen LogP contribution >= 0.6 is 11.6 Å². The van der Waals surface area contributed by atoms with Gasteiger partial charge in [-0.2, -0.15) is 0 Å². The molecule has 2 saturated heterocycles. The number of fused-ring (bicyclic) bond motifs is 4. The first-order valence-corrected chi connectivity index (χ1v) is 11.1. The van der Waals surface area contributed by atoms with E-state index in [1.807, 2.05) is 44.2 Å². The number of nitrogens with one attached hydrogen (secondary N) is 2. The van der Waals surface area contributed by atoms with Crippen LogP contribution in [0.15, 0.2) is 48.5 Å². The largest absolute Gasteiger partial charge is 0.324 e. The summed E-state index contributed by atoms with van der Waals surface area (Å²) in [7, 11) is 0. The third-order valence-corrected chi connectivity index (χ3v) is 7.28. The van der Waals surface area contributed by atoms with Crippen LogP contribution in [-0.2, 0) is 26.3 Å². The molecule has 2 fully saturated rings. The lowest BCUT2D eigenvalue weighted by atomic mass is 9.76. The fraction of sp³-hybridized carbons (Fsp3) is 0.375. The number of nitrogens with zero attached hydrogens (tertiary/aromatic N) is 1. The maximum absolute atomic E-state index is 13.6. The molecule has 0 aliphatic carbocycles. The summed E-state index contributed by atoms with van der Waals surface area (Å²) >= 11 is 6.28. The highest BCUT2D eigenvalue weighted by Gasteiger charge is 2.70. The van der Waals surface area contributed by atoms with Gasteiger partial charge in [0, 0.05) is 28.4 Å². The average Bonchev–Trinajstić information content (AvgIpc) is 3.33. The van der Waals surface area contributed by atoms with Crippen molar-refractivity contribution in [2.75, 3.05) is 5.32 Å². The predicted octanol–water partition coefficient (Wildman–Crippen LogP) is 3.10. The van der Waals surface area contributed by atoms with E-state index in [0.29, 0.717) is 29.1 Å². The van der Waals surface area contributed by atoms with Crippen LogP contribution in [0.25, 0.3) is 0 Å². The van der Waals surface area contributed by atoms with Crippen molar-refractivity contribution in [3.05, 3.63) is 64.7 Å². The molecule has 31 heavy (non-hydrogen) atoms. The van der Waals surface area contributed by atoms with Gasteiger partial charge in [0.15, 0.2) is 0 Å². The highest BCUT2D eigenvalue weighted by Crippen LogP contribution is 2.54. The molecular weight excluding hydrogens is 414 g/mol. The lowest BCUT2D eigenvalue weighted by molar-refractivity contribution is -0.145. The molecular formula is C24H24ClN3O3. The van der Waals surface area contributed by atoms with Crippen LogP contribution in [0.1, 0.15) is 31.4 Å². The average molecular weight is 438 g/mol. The third kappa shape index (κ3) is 2.78. The van der Waals surface area contributed by atoms with Crippen molar-refractivity contribution in [3.63, 3.8) is 0 Å². The van der Waals surface area contributed by atoms with Crippen LogP contribution in [0, 0.1) is 11.8 Å². The van der Waals surface area contributed by atoms with Crippen LogP contribution in [0.2, 0.25) is 5.02 Å². The molecule has 6 nitrogen and oxygen atoms in total. The second kappa shape index (κ2) is 7.18. The first-order chi connectivity index (χ1) is 14.9. The minimum atomic E-state index is -1.31. The molecule has 7 heteroatoms. The molecule has 160 valence electrons. The second-order valence-corrected chi connectivity index (χ2v) is 9.14. The molecule has 0 radical (unpaired) electrons. The van der Waals surface area contributed by atoms with Crippen LogP contribution < -0.4 is 10.6 Å². The fourth-order valence-corrected chi connectivity index (χ4v) is 5.63. The van der Waals surface area contributed by atoms with Gasteiger partial charge in [0.05, 0.1) is 11.8 Å². The Morgan fingerprint density at radius 1 is 1.10 bits per heavy atom. The van der Waals surface area contributed by atoms with Gasteiger partial charge in [0.1, 0.15) is 5.54 Å². The Hall–Kier alpha value is -2.70. The molecule has 0 unspecified atom stereocenters. The number of hydrogen-bond acceptors (Lipinski definition) is 4. The first-order valence-electron chi connectivity index (χ1n) is 10.7. The predicted molar refractivity (Wildman–Crippen MR) is 117 cm³/mol. The van der Waals surface area contributed by atoms with Crippen LogP contribution in [0.3, 0.4) is 0 Å². The van der Waals surface area contributed by atoms with Crippen molar-refractivity contribution < 1.29 is 14.4 Å². The molecule has 5 atom stereocenters. The molecule has 3 heterocycles. The number of benzene rings is 2. The summed E-state index contributed by atoms with van der Waals surface area (Å²) in [4.78, 5) is 42.0. The van der Waals surface area contributed by atoms with E-state index in [1.54, 1.807) is 18.2 Å². The Morgan fingerprint density at radius 3 is 2.55 bits per heavy atom.